The number of benzene rings is 1. The Morgan fingerprint density at radius 1 is 1.38 bits per heavy atom. The van der Waals surface area contributed by atoms with Crippen LogP contribution < -0.4 is 16.8 Å². The maximum Gasteiger partial charge on any atom is 0.263 e. The van der Waals surface area contributed by atoms with E-state index in [1.54, 1.807) is 13.8 Å². The second-order valence-electron chi connectivity index (χ2n) is 5.47. The molecule has 0 fully saturated rings. The molecule has 0 saturated carbocycles. The highest BCUT2D eigenvalue weighted by molar-refractivity contribution is 9.10. The third kappa shape index (κ3) is 3.54. The summed E-state index contributed by atoms with van der Waals surface area (Å²) in [6.45, 7) is 3.49. The Balaban J connectivity index is 2.32. The number of halogens is 1. The first-order valence-corrected chi connectivity index (χ1v) is 7.89. The molecule has 2 aromatic rings. The highest BCUT2D eigenvalue weighted by Gasteiger charge is 2.26. The van der Waals surface area contributed by atoms with Gasteiger partial charge in [-0.05, 0) is 32.0 Å². The van der Waals surface area contributed by atoms with E-state index in [0.717, 1.165) is 14.6 Å². The molecule has 0 unspecified atom stereocenters. The number of carbonyl (C=O) groups is 2. The van der Waals surface area contributed by atoms with Crippen molar-refractivity contribution in [1.82, 2.24) is 5.32 Å². The Bertz CT molecular complexity index is 724. The number of nitrogens with one attached hydrogen (secondary N) is 1. The largest absolute Gasteiger partial charge is 0.397 e. The predicted molar refractivity (Wildman–Crippen MR) is 89.3 cm³/mol. The molecule has 0 atom stereocenters. The van der Waals surface area contributed by atoms with E-state index < -0.39 is 11.4 Å². The zero-order valence-corrected chi connectivity index (χ0v) is 14.1. The molecule has 0 aliphatic rings. The second-order valence-corrected chi connectivity index (χ2v) is 7.43. The van der Waals surface area contributed by atoms with Crippen LogP contribution in [0.1, 0.15) is 29.9 Å². The van der Waals surface area contributed by atoms with E-state index in [1.807, 2.05) is 18.2 Å². The van der Waals surface area contributed by atoms with Gasteiger partial charge >= 0.3 is 0 Å². The SMILES string of the molecule is CC(C)(CC(N)=O)NC(=O)c1sc2ccc(Br)cc2c1N. The van der Waals surface area contributed by atoms with Crippen LogP contribution in [0.25, 0.3) is 10.1 Å². The Hall–Kier alpha value is -1.60. The Kier molecular flexibility index (Phi) is 4.25. The molecule has 0 aliphatic carbocycles. The van der Waals surface area contributed by atoms with Crippen molar-refractivity contribution in [2.45, 2.75) is 25.8 Å². The first kappa shape index (κ1) is 15.8. The summed E-state index contributed by atoms with van der Waals surface area (Å²) >= 11 is 4.71. The molecule has 1 aromatic carbocycles. The molecule has 2 amide bonds. The fourth-order valence-electron chi connectivity index (χ4n) is 2.10. The number of carbonyl (C=O) groups excluding carboxylic acids is 2. The number of primary amides is 1. The molecular formula is C14H16BrN3O2S. The van der Waals surface area contributed by atoms with Crippen LogP contribution in [0.2, 0.25) is 0 Å². The van der Waals surface area contributed by atoms with E-state index in [-0.39, 0.29) is 12.3 Å². The van der Waals surface area contributed by atoms with Crippen molar-refractivity contribution in [3.8, 4) is 0 Å². The lowest BCUT2D eigenvalue weighted by Crippen LogP contribution is -2.45. The molecule has 2 rings (SSSR count). The first-order chi connectivity index (χ1) is 9.69. The van der Waals surface area contributed by atoms with Crippen LogP contribution in [0, 0.1) is 0 Å². The number of hydrogen-bond acceptors (Lipinski definition) is 4. The van der Waals surface area contributed by atoms with Gasteiger partial charge in [0.15, 0.2) is 0 Å². The minimum atomic E-state index is -0.716. The maximum absolute atomic E-state index is 12.4. The summed E-state index contributed by atoms with van der Waals surface area (Å²) in [6.07, 6.45) is 0.0646. The molecule has 1 heterocycles. The smallest absolute Gasteiger partial charge is 0.263 e. The van der Waals surface area contributed by atoms with Gasteiger partial charge in [0.05, 0.1) is 5.69 Å². The minimum Gasteiger partial charge on any atom is -0.397 e. The van der Waals surface area contributed by atoms with E-state index >= 15 is 0 Å². The van der Waals surface area contributed by atoms with Gasteiger partial charge < -0.3 is 16.8 Å². The summed E-state index contributed by atoms with van der Waals surface area (Å²) in [7, 11) is 0. The molecule has 112 valence electrons. The molecule has 0 bridgehead atoms. The van der Waals surface area contributed by atoms with Crippen LogP contribution in [0.15, 0.2) is 22.7 Å². The second kappa shape index (κ2) is 5.65. The normalized spacial score (nSPS) is 11.6. The van der Waals surface area contributed by atoms with Crippen molar-refractivity contribution in [1.29, 1.82) is 0 Å². The van der Waals surface area contributed by atoms with Crippen LogP contribution in [-0.2, 0) is 4.79 Å². The van der Waals surface area contributed by atoms with Gasteiger partial charge in [-0.2, -0.15) is 0 Å². The zero-order valence-electron chi connectivity index (χ0n) is 11.7. The summed E-state index contributed by atoms with van der Waals surface area (Å²) < 4.78 is 1.84. The lowest BCUT2D eigenvalue weighted by Gasteiger charge is -2.24. The van der Waals surface area contributed by atoms with Crippen LogP contribution in [0.3, 0.4) is 0 Å². The minimum absolute atomic E-state index is 0.0646. The topological polar surface area (TPSA) is 98.2 Å². The number of rotatable bonds is 4. The Morgan fingerprint density at radius 3 is 2.67 bits per heavy atom. The number of nitrogen functional groups attached to an aromatic ring is 1. The van der Waals surface area contributed by atoms with Crippen LogP contribution >= 0.6 is 27.3 Å². The lowest BCUT2D eigenvalue weighted by molar-refractivity contribution is -0.119. The average Bonchev–Trinajstić information content (AvgIpc) is 2.64. The van der Waals surface area contributed by atoms with Gasteiger partial charge in [0.25, 0.3) is 5.91 Å². The molecule has 5 nitrogen and oxygen atoms in total. The van der Waals surface area contributed by atoms with E-state index in [9.17, 15) is 9.59 Å². The third-order valence-electron chi connectivity index (χ3n) is 2.96. The van der Waals surface area contributed by atoms with Crippen molar-refractivity contribution >= 4 is 54.9 Å². The molecule has 0 radical (unpaired) electrons. The number of nitrogens with two attached hydrogens (primary N) is 2. The summed E-state index contributed by atoms with van der Waals surface area (Å²) in [6, 6.07) is 5.69. The van der Waals surface area contributed by atoms with E-state index in [0.29, 0.717) is 10.6 Å². The molecule has 0 saturated heterocycles. The zero-order chi connectivity index (χ0) is 15.8. The maximum atomic E-state index is 12.4. The highest BCUT2D eigenvalue weighted by Crippen LogP contribution is 2.35. The molecule has 0 spiro atoms. The fraction of sp³-hybridized carbons (Fsp3) is 0.286. The molecule has 21 heavy (non-hydrogen) atoms. The highest BCUT2D eigenvalue weighted by atomic mass is 79.9. The van der Waals surface area contributed by atoms with Crippen molar-refractivity contribution in [2.24, 2.45) is 5.73 Å². The van der Waals surface area contributed by atoms with Gasteiger partial charge in [-0.15, -0.1) is 11.3 Å². The van der Waals surface area contributed by atoms with Gasteiger partial charge in [0, 0.05) is 26.5 Å². The quantitative estimate of drug-likeness (QED) is 0.772. The molecule has 5 N–H and O–H groups in total. The Labute approximate surface area is 134 Å². The van der Waals surface area contributed by atoms with Crippen LogP contribution in [-0.4, -0.2) is 17.4 Å². The van der Waals surface area contributed by atoms with E-state index in [2.05, 4.69) is 21.2 Å². The van der Waals surface area contributed by atoms with Gasteiger partial charge in [-0.25, -0.2) is 0 Å². The molecule has 7 heteroatoms. The van der Waals surface area contributed by atoms with Crippen LogP contribution in [0.5, 0.6) is 0 Å². The first-order valence-electron chi connectivity index (χ1n) is 6.28. The summed E-state index contributed by atoms with van der Waals surface area (Å²) in [4.78, 5) is 23.8. The fourth-order valence-corrected chi connectivity index (χ4v) is 3.46. The van der Waals surface area contributed by atoms with Crippen molar-refractivity contribution in [2.75, 3.05) is 5.73 Å². The summed E-state index contributed by atoms with van der Waals surface area (Å²) in [5.41, 5.74) is 11.0. The van der Waals surface area contributed by atoms with Crippen molar-refractivity contribution in [3.63, 3.8) is 0 Å². The summed E-state index contributed by atoms with van der Waals surface area (Å²) in [5, 5.41) is 3.64. The predicted octanol–water partition coefficient (Wildman–Crippen LogP) is 2.63. The number of fused-ring (bicyclic) bond motifs is 1. The number of hydrogen-bond donors (Lipinski definition) is 3. The van der Waals surface area contributed by atoms with Crippen molar-refractivity contribution in [3.05, 3.63) is 27.5 Å². The molecule has 0 aliphatic heterocycles. The number of thiophene rings is 1. The summed E-state index contributed by atoms with van der Waals surface area (Å²) in [5.74, 6) is -0.760. The van der Waals surface area contributed by atoms with Crippen LogP contribution in [0.4, 0.5) is 5.69 Å². The van der Waals surface area contributed by atoms with Gasteiger partial charge in [-0.3, -0.25) is 9.59 Å². The Morgan fingerprint density at radius 2 is 2.05 bits per heavy atom. The van der Waals surface area contributed by atoms with Gasteiger partial charge in [0.2, 0.25) is 5.91 Å². The van der Waals surface area contributed by atoms with Gasteiger partial charge in [-0.1, -0.05) is 15.9 Å². The number of amides is 2. The standard InChI is InChI=1S/C14H16BrN3O2S/c1-14(2,6-10(16)19)18-13(20)12-11(17)8-5-7(15)3-4-9(8)21-12/h3-5H,6,17H2,1-2H3,(H2,16,19)(H,18,20). The van der Waals surface area contributed by atoms with Crippen molar-refractivity contribution < 1.29 is 9.59 Å². The average molecular weight is 370 g/mol. The van der Waals surface area contributed by atoms with E-state index in [4.69, 9.17) is 11.5 Å². The lowest BCUT2D eigenvalue weighted by atomic mass is 10.00. The number of anilines is 1. The molecular weight excluding hydrogens is 354 g/mol. The third-order valence-corrected chi connectivity index (χ3v) is 4.64. The van der Waals surface area contributed by atoms with Gasteiger partial charge in [0.1, 0.15) is 4.88 Å². The monoisotopic (exact) mass is 369 g/mol. The molecule has 1 aromatic heterocycles. The van der Waals surface area contributed by atoms with E-state index in [1.165, 1.54) is 11.3 Å².